The quantitative estimate of drug-likeness (QED) is 0.837. The number of morpholine rings is 1. The Bertz CT molecular complexity index is 408. The molecule has 21 heavy (non-hydrogen) atoms. The van der Waals surface area contributed by atoms with E-state index in [2.05, 4.69) is 36.2 Å². The van der Waals surface area contributed by atoms with Crippen LogP contribution in [0.1, 0.15) is 31.9 Å². The molecule has 2 unspecified atom stereocenters. The molecule has 0 bridgehead atoms. The van der Waals surface area contributed by atoms with Gasteiger partial charge in [-0.05, 0) is 30.7 Å². The monoisotopic (exact) mass is 292 g/mol. The average Bonchev–Trinajstić information content (AvgIpc) is 2.55. The van der Waals surface area contributed by atoms with E-state index in [0.29, 0.717) is 12.1 Å². The standard InChI is InChI=1S/C17H28N2O2/c1-4-15-13-21-11-10-19(15)12-17(18-5-2)14-6-8-16(20-3)9-7-14/h6-9,15,17-18H,4-5,10-13H2,1-3H3. The first-order chi connectivity index (χ1) is 10.3. The van der Waals surface area contributed by atoms with E-state index in [1.54, 1.807) is 7.11 Å². The minimum atomic E-state index is 0.355. The van der Waals surface area contributed by atoms with Gasteiger partial charge in [0.25, 0.3) is 0 Å². The molecule has 1 aliphatic heterocycles. The van der Waals surface area contributed by atoms with Crippen molar-refractivity contribution in [2.75, 3.05) is 40.0 Å². The molecule has 0 aromatic heterocycles. The van der Waals surface area contributed by atoms with Crippen LogP contribution < -0.4 is 10.1 Å². The van der Waals surface area contributed by atoms with Crippen LogP contribution >= 0.6 is 0 Å². The third-order valence-corrected chi connectivity index (χ3v) is 4.21. The summed E-state index contributed by atoms with van der Waals surface area (Å²) in [6.45, 7) is 9.13. The van der Waals surface area contributed by atoms with E-state index < -0.39 is 0 Å². The van der Waals surface area contributed by atoms with E-state index in [4.69, 9.17) is 9.47 Å². The summed E-state index contributed by atoms with van der Waals surface area (Å²) in [5, 5.41) is 3.61. The van der Waals surface area contributed by atoms with Gasteiger partial charge < -0.3 is 14.8 Å². The Balaban J connectivity index is 2.06. The van der Waals surface area contributed by atoms with Crippen molar-refractivity contribution >= 4 is 0 Å². The SMILES string of the molecule is CCNC(CN1CCOCC1CC)c1ccc(OC)cc1. The van der Waals surface area contributed by atoms with Crippen LogP contribution in [0, 0.1) is 0 Å². The molecule has 1 aromatic carbocycles. The van der Waals surface area contributed by atoms with Crippen molar-refractivity contribution < 1.29 is 9.47 Å². The molecule has 1 saturated heterocycles. The van der Waals surface area contributed by atoms with Crippen LogP contribution in [0.5, 0.6) is 5.75 Å². The molecule has 1 N–H and O–H groups in total. The smallest absolute Gasteiger partial charge is 0.118 e. The number of likely N-dealkylation sites (N-methyl/N-ethyl adjacent to an activating group) is 1. The summed E-state index contributed by atoms with van der Waals surface area (Å²) in [6.07, 6.45) is 1.14. The summed E-state index contributed by atoms with van der Waals surface area (Å²) in [6, 6.07) is 9.29. The zero-order valence-electron chi connectivity index (χ0n) is 13.5. The van der Waals surface area contributed by atoms with Crippen LogP contribution in [0.2, 0.25) is 0 Å². The van der Waals surface area contributed by atoms with Gasteiger partial charge in [-0.15, -0.1) is 0 Å². The van der Waals surface area contributed by atoms with Crippen LogP contribution in [0.4, 0.5) is 0 Å². The number of hydrogen-bond acceptors (Lipinski definition) is 4. The lowest BCUT2D eigenvalue weighted by molar-refractivity contribution is -0.0126. The number of methoxy groups -OCH3 is 1. The van der Waals surface area contributed by atoms with Crippen LogP contribution in [0.3, 0.4) is 0 Å². The first-order valence-corrected chi connectivity index (χ1v) is 7.97. The van der Waals surface area contributed by atoms with Crippen molar-refractivity contribution in [3.05, 3.63) is 29.8 Å². The van der Waals surface area contributed by atoms with Gasteiger partial charge in [-0.3, -0.25) is 4.90 Å². The molecule has 1 heterocycles. The van der Waals surface area contributed by atoms with Gasteiger partial charge in [0.2, 0.25) is 0 Å². The van der Waals surface area contributed by atoms with E-state index in [9.17, 15) is 0 Å². The molecule has 118 valence electrons. The zero-order chi connectivity index (χ0) is 15.1. The number of benzene rings is 1. The lowest BCUT2D eigenvalue weighted by Crippen LogP contribution is -2.48. The fraction of sp³-hybridized carbons (Fsp3) is 0.647. The number of hydrogen-bond donors (Lipinski definition) is 1. The molecule has 1 fully saturated rings. The number of nitrogens with zero attached hydrogens (tertiary/aromatic N) is 1. The Kier molecular flexibility index (Phi) is 6.49. The highest BCUT2D eigenvalue weighted by molar-refractivity contribution is 5.29. The maximum atomic E-state index is 5.60. The van der Waals surface area contributed by atoms with E-state index in [1.807, 2.05) is 12.1 Å². The zero-order valence-corrected chi connectivity index (χ0v) is 13.5. The first-order valence-electron chi connectivity index (χ1n) is 7.97. The second-order valence-corrected chi connectivity index (χ2v) is 5.52. The predicted molar refractivity (Wildman–Crippen MR) is 85.9 cm³/mol. The van der Waals surface area contributed by atoms with E-state index in [1.165, 1.54) is 5.56 Å². The fourth-order valence-corrected chi connectivity index (χ4v) is 2.91. The molecule has 1 aliphatic rings. The number of nitrogens with one attached hydrogen (secondary N) is 1. The molecule has 0 spiro atoms. The molecule has 1 aromatic rings. The van der Waals surface area contributed by atoms with Gasteiger partial charge in [-0.2, -0.15) is 0 Å². The molecule has 2 rings (SSSR count). The third-order valence-electron chi connectivity index (χ3n) is 4.21. The van der Waals surface area contributed by atoms with Crippen molar-refractivity contribution in [3.8, 4) is 5.75 Å². The maximum Gasteiger partial charge on any atom is 0.118 e. The Morgan fingerprint density at radius 1 is 1.33 bits per heavy atom. The summed E-state index contributed by atoms with van der Waals surface area (Å²) in [5.74, 6) is 0.909. The van der Waals surface area contributed by atoms with Gasteiger partial charge in [0.1, 0.15) is 5.75 Å². The highest BCUT2D eigenvalue weighted by atomic mass is 16.5. The normalized spacial score (nSPS) is 21.2. The fourth-order valence-electron chi connectivity index (χ4n) is 2.91. The van der Waals surface area contributed by atoms with Gasteiger partial charge in [0.05, 0.1) is 20.3 Å². The van der Waals surface area contributed by atoms with Gasteiger partial charge in [0.15, 0.2) is 0 Å². The van der Waals surface area contributed by atoms with Crippen LogP contribution in [-0.4, -0.2) is 50.9 Å². The second kappa shape index (κ2) is 8.37. The third kappa shape index (κ3) is 4.43. The topological polar surface area (TPSA) is 33.7 Å². The summed E-state index contributed by atoms with van der Waals surface area (Å²) in [4.78, 5) is 2.56. The van der Waals surface area contributed by atoms with Gasteiger partial charge in [-0.25, -0.2) is 0 Å². The molecule has 4 heteroatoms. The molecule has 0 radical (unpaired) electrons. The highest BCUT2D eigenvalue weighted by Crippen LogP contribution is 2.21. The lowest BCUT2D eigenvalue weighted by atomic mass is 10.0. The van der Waals surface area contributed by atoms with E-state index >= 15 is 0 Å². The van der Waals surface area contributed by atoms with Gasteiger partial charge >= 0.3 is 0 Å². The van der Waals surface area contributed by atoms with Crippen molar-refractivity contribution in [1.82, 2.24) is 10.2 Å². The average molecular weight is 292 g/mol. The van der Waals surface area contributed by atoms with Crippen LogP contribution in [-0.2, 0) is 4.74 Å². The van der Waals surface area contributed by atoms with Crippen molar-refractivity contribution in [2.24, 2.45) is 0 Å². The Labute approximate surface area is 128 Å². The van der Waals surface area contributed by atoms with Crippen molar-refractivity contribution in [2.45, 2.75) is 32.4 Å². The number of rotatable bonds is 7. The van der Waals surface area contributed by atoms with Crippen molar-refractivity contribution in [3.63, 3.8) is 0 Å². The molecule has 0 saturated carbocycles. The van der Waals surface area contributed by atoms with Gasteiger partial charge in [0, 0.05) is 25.2 Å². The molecular weight excluding hydrogens is 264 g/mol. The summed E-state index contributed by atoms with van der Waals surface area (Å²) in [7, 11) is 1.70. The minimum absolute atomic E-state index is 0.355. The van der Waals surface area contributed by atoms with Crippen LogP contribution in [0.15, 0.2) is 24.3 Å². The predicted octanol–water partition coefficient (Wildman–Crippen LogP) is 2.46. The molecule has 0 amide bonds. The summed E-state index contributed by atoms with van der Waals surface area (Å²) in [5.41, 5.74) is 1.32. The molecule has 4 nitrogen and oxygen atoms in total. The van der Waals surface area contributed by atoms with Crippen LogP contribution in [0.25, 0.3) is 0 Å². The highest BCUT2D eigenvalue weighted by Gasteiger charge is 2.24. The summed E-state index contributed by atoms with van der Waals surface area (Å²) < 4.78 is 10.8. The first kappa shape index (κ1) is 16.3. The lowest BCUT2D eigenvalue weighted by Gasteiger charge is -2.37. The Morgan fingerprint density at radius 2 is 2.10 bits per heavy atom. The molecule has 2 atom stereocenters. The van der Waals surface area contributed by atoms with E-state index in [-0.39, 0.29) is 0 Å². The van der Waals surface area contributed by atoms with Crippen molar-refractivity contribution in [1.29, 1.82) is 0 Å². The summed E-state index contributed by atoms with van der Waals surface area (Å²) >= 11 is 0. The second-order valence-electron chi connectivity index (χ2n) is 5.52. The number of ether oxygens (including phenoxy) is 2. The van der Waals surface area contributed by atoms with E-state index in [0.717, 1.165) is 45.0 Å². The largest absolute Gasteiger partial charge is 0.497 e. The molecular formula is C17H28N2O2. The van der Waals surface area contributed by atoms with Gasteiger partial charge in [-0.1, -0.05) is 26.0 Å². The Hall–Kier alpha value is -1.10. The maximum absolute atomic E-state index is 5.60. The Morgan fingerprint density at radius 3 is 2.71 bits per heavy atom. The molecule has 0 aliphatic carbocycles. The minimum Gasteiger partial charge on any atom is -0.497 e.